The van der Waals surface area contributed by atoms with Gasteiger partial charge in [0.05, 0.1) is 17.1 Å². The van der Waals surface area contributed by atoms with Crippen LogP contribution in [0.15, 0.2) is 103 Å². The summed E-state index contributed by atoms with van der Waals surface area (Å²) in [5.74, 6) is -0.149. The van der Waals surface area contributed by atoms with Crippen molar-refractivity contribution in [2.45, 2.75) is 6.92 Å². The predicted molar refractivity (Wildman–Crippen MR) is 112 cm³/mol. The SMILES string of the molecule is CC(O)=CC(=O)c1ccc2ccccc2c1.[Eu].c1ccc(-c2ccccn2)nc1. The van der Waals surface area contributed by atoms with Crippen molar-refractivity contribution in [1.29, 1.82) is 0 Å². The van der Waals surface area contributed by atoms with Crippen molar-refractivity contribution in [1.82, 2.24) is 9.97 Å². The Morgan fingerprint density at radius 1 is 0.793 bits per heavy atom. The van der Waals surface area contributed by atoms with E-state index in [1.165, 1.54) is 13.0 Å². The second-order valence-corrected chi connectivity index (χ2v) is 6.14. The molecule has 0 aliphatic heterocycles. The van der Waals surface area contributed by atoms with Crippen molar-refractivity contribution in [2.75, 3.05) is 0 Å². The van der Waals surface area contributed by atoms with E-state index in [0.717, 1.165) is 22.2 Å². The molecule has 0 saturated carbocycles. The van der Waals surface area contributed by atoms with Gasteiger partial charge in [-0.2, -0.15) is 0 Å². The molecule has 0 fully saturated rings. The van der Waals surface area contributed by atoms with Gasteiger partial charge < -0.3 is 5.11 Å². The summed E-state index contributed by atoms with van der Waals surface area (Å²) in [5, 5.41) is 11.2. The molecule has 0 aliphatic carbocycles. The van der Waals surface area contributed by atoms with Crippen LogP contribution in [0, 0.1) is 49.4 Å². The molecule has 29 heavy (non-hydrogen) atoms. The average Bonchev–Trinajstić information content (AvgIpc) is 2.75. The van der Waals surface area contributed by atoms with Gasteiger partial charge in [-0.25, -0.2) is 0 Å². The minimum atomic E-state index is -0.175. The average molecular weight is 520 g/mol. The van der Waals surface area contributed by atoms with Gasteiger partial charge in [0, 0.05) is 73.4 Å². The van der Waals surface area contributed by atoms with Crippen LogP contribution in [0.2, 0.25) is 0 Å². The zero-order valence-corrected chi connectivity index (χ0v) is 18.3. The molecule has 0 amide bonds. The summed E-state index contributed by atoms with van der Waals surface area (Å²) in [6.45, 7) is 1.49. The fourth-order valence-corrected chi connectivity index (χ4v) is 2.64. The molecule has 2 heterocycles. The number of aliphatic hydroxyl groups excluding tert-OH is 1. The molecular formula is C24H20EuN2O2. The Hall–Kier alpha value is -2.21. The van der Waals surface area contributed by atoms with Gasteiger partial charge in [-0.3, -0.25) is 14.8 Å². The fourth-order valence-electron chi connectivity index (χ4n) is 2.64. The van der Waals surface area contributed by atoms with Crippen LogP contribution < -0.4 is 0 Å². The number of benzene rings is 2. The quantitative estimate of drug-likeness (QED) is 0.216. The standard InChI is InChI=1S/C14H12O2.C10H8N2.Eu/c1-10(15)8-14(16)13-7-6-11-4-2-3-5-12(11)9-13;1-3-7-11-9(5-1)10-6-2-4-8-12-10;/h2-9,15H,1H3;1-8H;. The van der Waals surface area contributed by atoms with Gasteiger partial charge >= 0.3 is 0 Å². The summed E-state index contributed by atoms with van der Waals surface area (Å²) in [6, 6.07) is 24.9. The van der Waals surface area contributed by atoms with E-state index in [0.29, 0.717) is 5.56 Å². The first-order valence-corrected chi connectivity index (χ1v) is 8.86. The summed E-state index contributed by atoms with van der Waals surface area (Å²) < 4.78 is 0. The summed E-state index contributed by atoms with van der Waals surface area (Å²) >= 11 is 0. The second kappa shape index (κ2) is 11.7. The third-order valence-electron chi connectivity index (χ3n) is 3.97. The molecule has 0 saturated heterocycles. The molecular weight excluding hydrogens is 500 g/mol. The molecule has 4 rings (SSSR count). The van der Waals surface area contributed by atoms with Gasteiger partial charge in [0.1, 0.15) is 0 Å². The number of carbonyl (C=O) groups excluding carboxylic acids is 1. The van der Waals surface area contributed by atoms with Crippen LogP contribution in [0.4, 0.5) is 0 Å². The zero-order valence-electron chi connectivity index (χ0n) is 15.9. The maximum absolute atomic E-state index is 11.7. The van der Waals surface area contributed by atoms with Gasteiger partial charge in [0.15, 0.2) is 5.78 Å². The van der Waals surface area contributed by atoms with Crippen molar-refractivity contribution in [3.63, 3.8) is 0 Å². The first-order chi connectivity index (χ1) is 13.6. The van der Waals surface area contributed by atoms with Gasteiger partial charge in [-0.15, -0.1) is 0 Å². The number of aliphatic hydroxyl groups is 1. The largest absolute Gasteiger partial charge is 0.512 e. The summed E-state index contributed by atoms with van der Waals surface area (Å²) in [6.07, 6.45) is 4.76. The van der Waals surface area contributed by atoms with Crippen molar-refractivity contribution >= 4 is 16.6 Å². The van der Waals surface area contributed by atoms with Gasteiger partial charge in [-0.1, -0.05) is 48.5 Å². The van der Waals surface area contributed by atoms with Crippen LogP contribution in [-0.2, 0) is 0 Å². The zero-order chi connectivity index (χ0) is 19.8. The molecule has 0 unspecified atom stereocenters. The Bertz CT molecular complexity index is 1060. The Morgan fingerprint density at radius 2 is 1.34 bits per heavy atom. The van der Waals surface area contributed by atoms with E-state index in [1.54, 1.807) is 18.5 Å². The monoisotopic (exact) mass is 521 g/mol. The van der Waals surface area contributed by atoms with E-state index < -0.39 is 0 Å². The van der Waals surface area contributed by atoms with E-state index in [-0.39, 0.29) is 60.9 Å². The van der Waals surface area contributed by atoms with Crippen LogP contribution in [-0.4, -0.2) is 20.9 Å². The summed E-state index contributed by atoms with van der Waals surface area (Å²) in [4.78, 5) is 20.0. The van der Waals surface area contributed by atoms with Gasteiger partial charge in [0.25, 0.3) is 0 Å². The molecule has 1 N–H and O–H groups in total. The Kier molecular flexibility index (Phi) is 9.32. The summed E-state index contributed by atoms with van der Waals surface area (Å²) in [5.41, 5.74) is 2.42. The van der Waals surface area contributed by atoms with E-state index in [9.17, 15) is 4.79 Å². The molecule has 4 nitrogen and oxygen atoms in total. The Labute approximate surface area is 210 Å². The van der Waals surface area contributed by atoms with E-state index in [4.69, 9.17) is 5.11 Å². The Morgan fingerprint density at radius 3 is 1.86 bits per heavy atom. The summed E-state index contributed by atoms with van der Waals surface area (Å²) in [7, 11) is 0. The van der Waals surface area contributed by atoms with Crippen LogP contribution in [0.25, 0.3) is 22.2 Å². The van der Waals surface area contributed by atoms with E-state index in [1.807, 2.05) is 72.8 Å². The third kappa shape index (κ3) is 6.96. The minimum Gasteiger partial charge on any atom is -0.512 e. The third-order valence-corrected chi connectivity index (χ3v) is 3.97. The molecule has 0 spiro atoms. The van der Waals surface area contributed by atoms with Crippen LogP contribution in [0.5, 0.6) is 0 Å². The Balaban J connectivity index is 0.000000207. The maximum Gasteiger partial charge on any atom is 0.189 e. The number of hydrogen-bond donors (Lipinski definition) is 1. The first kappa shape index (κ1) is 23.1. The number of aromatic nitrogens is 2. The maximum atomic E-state index is 11.7. The molecule has 0 aliphatic rings. The molecule has 4 aromatic rings. The number of allylic oxidation sites excluding steroid dienone is 2. The molecule has 0 bridgehead atoms. The fraction of sp³-hybridized carbons (Fsp3) is 0.0417. The molecule has 145 valence electrons. The predicted octanol–water partition coefficient (Wildman–Crippen LogP) is 5.63. The van der Waals surface area contributed by atoms with Crippen molar-refractivity contribution in [3.05, 3.63) is 109 Å². The molecule has 2 aromatic carbocycles. The van der Waals surface area contributed by atoms with Crippen LogP contribution >= 0.6 is 0 Å². The topological polar surface area (TPSA) is 63.1 Å². The number of ketones is 1. The van der Waals surface area contributed by atoms with Gasteiger partial charge in [-0.05, 0) is 48.0 Å². The number of pyridine rings is 2. The minimum absolute atomic E-state index is 0. The number of carbonyl (C=O) groups is 1. The van der Waals surface area contributed by atoms with Crippen molar-refractivity contribution in [2.24, 2.45) is 0 Å². The number of rotatable bonds is 3. The van der Waals surface area contributed by atoms with Crippen LogP contribution in [0.1, 0.15) is 17.3 Å². The smallest absolute Gasteiger partial charge is 0.189 e. The molecule has 0 atom stereocenters. The number of fused-ring (bicyclic) bond motifs is 1. The van der Waals surface area contributed by atoms with Crippen LogP contribution in [0.3, 0.4) is 0 Å². The number of nitrogens with zero attached hydrogens (tertiary/aromatic N) is 2. The van der Waals surface area contributed by atoms with Crippen molar-refractivity contribution < 1.29 is 59.3 Å². The first-order valence-electron chi connectivity index (χ1n) is 8.86. The molecule has 5 heteroatoms. The normalized spacial score (nSPS) is 10.4. The molecule has 1 radical (unpaired) electrons. The molecule has 2 aromatic heterocycles. The van der Waals surface area contributed by atoms with E-state index in [2.05, 4.69) is 9.97 Å². The second-order valence-electron chi connectivity index (χ2n) is 6.14. The van der Waals surface area contributed by atoms with E-state index >= 15 is 0 Å². The van der Waals surface area contributed by atoms with Crippen molar-refractivity contribution in [3.8, 4) is 11.4 Å². The number of hydrogen-bond acceptors (Lipinski definition) is 4. The van der Waals surface area contributed by atoms with Gasteiger partial charge in [0.2, 0.25) is 0 Å².